The quantitative estimate of drug-likeness (QED) is 0.837. The topological polar surface area (TPSA) is 35.2 Å². The first-order valence-corrected chi connectivity index (χ1v) is 9.27. The van der Waals surface area contributed by atoms with E-state index < -0.39 is 8.32 Å². The summed E-state index contributed by atoms with van der Waals surface area (Å²) >= 11 is 5.87. The van der Waals surface area contributed by atoms with Crippen LogP contribution in [0.5, 0.6) is 0 Å². The Morgan fingerprint density at radius 2 is 1.69 bits per heavy atom. The maximum absolute atomic E-state index is 6.10. The van der Waals surface area contributed by atoms with Gasteiger partial charge in [0, 0.05) is 11.1 Å². The lowest BCUT2D eigenvalue weighted by molar-refractivity contribution is 0.172. The van der Waals surface area contributed by atoms with Crippen LogP contribution in [-0.2, 0) is 4.43 Å². The molecule has 0 fully saturated rings. The van der Waals surface area contributed by atoms with Gasteiger partial charge >= 0.3 is 0 Å². The molecule has 2 N–H and O–H groups in total. The van der Waals surface area contributed by atoms with E-state index in [4.69, 9.17) is 21.8 Å². The van der Waals surface area contributed by atoms with Crippen molar-refractivity contribution in [1.29, 1.82) is 0 Å². The Kier molecular flexibility index (Phi) is 4.56. The summed E-state index contributed by atoms with van der Waals surface area (Å²) in [5.74, 6) is 0. The van der Waals surface area contributed by atoms with E-state index in [0.717, 1.165) is 10.6 Å². The van der Waals surface area contributed by atoms with Gasteiger partial charge in [0.2, 0.25) is 0 Å². The largest absolute Gasteiger partial charge is 0.409 e. The predicted octanol–water partition coefficient (Wildman–Crippen LogP) is 3.58. The van der Waals surface area contributed by atoms with Crippen molar-refractivity contribution < 1.29 is 4.43 Å². The normalized spacial score (nSPS) is 15.9. The molecule has 0 amide bonds. The van der Waals surface area contributed by atoms with Crippen LogP contribution < -0.4 is 5.73 Å². The van der Waals surface area contributed by atoms with Gasteiger partial charge in [0.05, 0.1) is 6.10 Å². The maximum atomic E-state index is 6.10. The first-order chi connectivity index (χ1) is 7.29. The lowest BCUT2D eigenvalue weighted by atomic mass is 10.0. The van der Waals surface area contributed by atoms with Crippen LogP contribution in [0.1, 0.15) is 18.6 Å². The summed E-state index contributed by atoms with van der Waals surface area (Å²) in [6.07, 6.45) is -0.0380. The average molecular weight is 258 g/mol. The van der Waals surface area contributed by atoms with Crippen LogP contribution in [0.15, 0.2) is 24.3 Å². The highest BCUT2D eigenvalue weighted by atomic mass is 35.5. The number of hydrogen-bond acceptors (Lipinski definition) is 2. The van der Waals surface area contributed by atoms with Crippen molar-refractivity contribution in [3.8, 4) is 0 Å². The molecule has 4 heteroatoms. The first kappa shape index (κ1) is 13.7. The Bertz CT molecular complexity index is 332. The zero-order valence-corrected chi connectivity index (χ0v) is 12.1. The molecule has 0 aliphatic carbocycles. The van der Waals surface area contributed by atoms with Crippen molar-refractivity contribution in [3.05, 3.63) is 34.9 Å². The minimum absolute atomic E-state index is 0.0205. The number of halogens is 1. The zero-order valence-electron chi connectivity index (χ0n) is 10.3. The maximum Gasteiger partial charge on any atom is 0.184 e. The Morgan fingerprint density at radius 3 is 2.06 bits per heavy atom. The highest BCUT2D eigenvalue weighted by Gasteiger charge is 2.24. The van der Waals surface area contributed by atoms with Crippen molar-refractivity contribution in [2.75, 3.05) is 0 Å². The lowest BCUT2D eigenvalue weighted by Gasteiger charge is -2.29. The average Bonchev–Trinajstić information content (AvgIpc) is 2.14. The molecular formula is C12H20ClNOSi. The molecule has 0 saturated carbocycles. The fourth-order valence-electron chi connectivity index (χ4n) is 1.51. The van der Waals surface area contributed by atoms with E-state index in [1.165, 1.54) is 0 Å². The number of benzene rings is 1. The Hall–Kier alpha value is -0.353. The van der Waals surface area contributed by atoms with E-state index in [-0.39, 0.29) is 12.1 Å². The molecule has 16 heavy (non-hydrogen) atoms. The molecule has 2 atom stereocenters. The van der Waals surface area contributed by atoms with Crippen molar-refractivity contribution in [2.45, 2.75) is 38.7 Å². The minimum atomic E-state index is -1.59. The van der Waals surface area contributed by atoms with Gasteiger partial charge in [-0.25, -0.2) is 0 Å². The summed E-state index contributed by atoms with van der Waals surface area (Å²) in [7, 11) is -1.59. The second-order valence-corrected chi connectivity index (χ2v) is 9.96. The monoisotopic (exact) mass is 257 g/mol. The van der Waals surface area contributed by atoms with Crippen LogP contribution in [0.2, 0.25) is 24.7 Å². The second-order valence-electron chi connectivity index (χ2n) is 5.06. The van der Waals surface area contributed by atoms with E-state index in [1.807, 2.05) is 31.2 Å². The fourth-order valence-corrected chi connectivity index (χ4v) is 2.75. The minimum Gasteiger partial charge on any atom is -0.409 e. The Morgan fingerprint density at radius 1 is 1.19 bits per heavy atom. The van der Waals surface area contributed by atoms with Gasteiger partial charge in [0.1, 0.15) is 0 Å². The van der Waals surface area contributed by atoms with E-state index in [2.05, 4.69) is 19.6 Å². The molecule has 0 aliphatic heterocycles. The third kappa shape index (κ3) is 4.26. The molecule has 2 unspecified atom stereocenters. The number of nitrogens with two attached hydrogens (primary N) is 1. The van der Waals surface area contributed by atoms with Gasteiger partial charge in [-0.05, 0) is 44.3 Å². The lowest BCUT2D eigenvalue weighted by Crippen LogP contribution is -2.36. The first-order valence-electron chi connectivity index (χ1n) is 5.48. The Labute approximate surface area is 104 Å². The van der Waals surface area contributed by atoms with Crippen LogP contribution in [0, 0.1) is 0 Å². The number of hydrogen-bond donors (Lipinski definition) is 1. The Balaban J connectivity index is 2.90. The van der Waals surface area contributed by atoms with Crippen LogP contribution in [-0.4, -0.2) is 14.4 Å². The van der Waals surface area contributed by atoms with Gasteiger partial charge in [0.15, 0.2) is 8.32 Å². The molecular weight excluding hydrogens is 238 g/mol. The van der Waals surface area contributed by atoms with Crippen LogP contribution in [0.4, 0.5) is 0 Å². The molecule has 0 radical (unpaired) electrons. The van der Waals surface area contributed by atoms with Crippen molar-refractivity contribution >= 4 is 19.9 Å². The highest BCUT2D eigenvalue weighted by Crippen LogP contribution is 2.25. The SMILES string of the molecule is CC(N)C(O[Si](C)(C)C)c1ccc(Cl)cc1. The molecule has 0 saturated heterocycles. The van der Waals surface area contributed by atoms with Crippen LogP contribution in [0.25, 0.3) is 0 Å². The van der Waals surface area contributed by atoms with E-state index >= 15 is 0 Å². The molecule has 0 spiro atoms. The summed E-state index contributed by atoms with van der Waals surface area (Å²) in [6, 6.07) is 7.69. The molecule has 1 aromatic rings. The summed E-state index contributed by atoms with van der Waals surface area (Å²) in [6.45, 7) is 8.47. The fraction of sp³-hybridized carbons (Fsp3) is 0.500. The van der Waals surface area contributed by atoms with Gasteiger partial charge in [-0.15, -0.1) is 0 Å². The van der Waals surface area contributed by atoms with Gasteiger partial charge in [0.25, 0.3) is 0 Å². The molecule has 2 nitrogen and oxygen atoms in total. The van der Waals surface area contributed by atoms with Crippen molar-refractivity contribution in [3.63, 3.8) is 0 Å². The molecule has 1 aromatic carbocycles. The molecule has 1 rings (SSSR count). The van der Waals surface area contributed by atoms with Gasteiger partial charge in [-0.3, -0.25) is 0 Å². The predicted molar refractivity (Wildman–Crippen MR) is 72.3 cm³/mol. The molecule has 0 heterocycles. The van der Waals surface area contributed by atoms with Crippen LogP contribution in [0.3, 0.4) is 0 Å². The molecule has 0 aliphatic rings. The highest BCUT2D eigenvalue weighted by molar-refractivity contribution is 6.69. The summed E-state index contributed by atoms with van der Waals surface area (Å²) in [5.41, 5.74) is 7.08. The van der Waals surface area contributed by atoms with Gasteiger partial charge in [-0.1, -0.05) is 23.7 Å². The summed E-state index contributed by atoms with van der Waals surface area (Å²) in [5, 5.41) is 0.736. The standard InChI is InChI=1S/C12H20ClNOSi/c1-9(14)12(15-16(2,3)4)10-5-7-11(13)8-6-10/h5-9,12H,14H2,1-4H3. The van der Waals surface area contributed by atoms with Crippen LogP contribution >= 0.6 is 11.6 Å². The van der Waals surface area contributed by atoms with E-state index in [0.29, 0.717) is 0 Å². The smallest absolute Gasteiger partial charge is 0.184 e. The molecule has 0 bridgehead atoms. The summed E-state index contributed by atoms with van der Waals surface area (Å²) < 4.78 is 6.10. The van der Waals surface area contributed by atoms with E-state index in [1.54, 1.807) is 0 Å². The second kappa shape index (κ2) is 5.32. The number of rotatable bonds is 4. The third-order valence-corrected chi connectivity index (χ3v) is 3.37. The summed E-state index contributed by atoms with van der Waals surface area (Å²) in [4.78, 5) is 0. The van der Waals surface area contributed by atoms with Gasteiger partial charge < -0.3 is 10.2 Å². The molecule has 90 valence electrons. The molecule has 0 aromatic heterocycles. The van der Waals surface area contributed by atoms with Gasteiger partial charge in [-0.2, -0.15) is 0 Å². The van der Waals surface area contributed by atoms with Crippen molar-refractivity contribution in [1.82, 2.24) is 0 Å². The zero-order chi connectivity index (χ0) is 12.3. The third-order valence-electron chi connectivity index (χ3n) is 2.16. The van der Waals surface area contributed by atoms with Crippen molar-refractivity contribution in [2.24, 2.45) is 5.73 Å². The van der Waals surface area contributed by atoms with E-state index in [9.17, 15) is 0 Å².